The average Bonchev–Trinajstić information content (AvgIpc) is 2.96. The minimum absolute atomic E-state index is 0.0114. The summed E-state index contributed by atoms with van der Waals surface area (Å²) < 4.78 is 45.8. The fourth-order valence-electron chi connectivity index (χ4n) is 2.75. The Kier molecular flexibility index (Phi) is 5.40. The zero-order valence-electron chi connectivity index (χ0n) is 14.5. The molecule has 0 spiro atoms. The van der Waals surface area contributed by atoms with Crippen molar-refractivity contribution in [3.05, 3.63) is 39.6 Å². The van der Waals surface area contributed by atoms with Crippen molar-refractivity contribution in [2.75, 3.05) is 10.3 Å². The van der Waals surface area contributed by atoms with Crippen LogP contribution in [0.2, 0.25) is 0 Å². The monoisotopic (exact) mass is 463 g/mol. The predicted molar refractivity (Wildman–Crippen MR) is 103 cm³/mol. The highest BCUT2D eigenvalue weighted by molar-refractivity contribution is 9.10. The van der Waals surface area contributed by atoms with Crippen molar-refractivity contribution in [2.45, 2.75) is 44.0 Å². The molecule has 0 unspecified atom stereocenters. The minimum atomic E-state index is -4.15. The number of rotatable bonds is 4. The Labute approximate surface area is 165 Å². The van der Waals surface area contributed by atoms with Crippen LogP contribution >= 0.6 is 28.3 Å². The van der Waals surface area contributed by atoms with E-state index in [1.165, 1.54) is 6.07 Å². The number of sulfonamides is 1. The molecule has 142 valence electrons. The Morgan fingerprint density at radius 3 is 2.69 bits per heavy atom. The Morgan fingerprint density at radius 2 is 2.08 bits per heavy atom. The van der Waals surface area contributed by atoms with Gasteiger partial charge >= 0.3 is 0 Å². The number of halogens is 2. The van der Waals surface area contributed by atoms with Gasteiger partial charge < -0.3 is 9.84 Å². The number of nitrogens with one attached hydrogen (secondary N) is 1. The summed E-state index contributed by atoms with van der Waals surface area (Å²) in [5.74, 6) is 0.315. The van der Waals surface area contributed by atoms with Gasteiger partial charge in [0.25, 0.3) is 10.0 Å². The smallest absolute Gasteiger partial charge is 0.277 e. The summed E-state index contributed by atoms with van der Waals surface area (Å²) in [4.78, 5) is 0.0114. The van der Waals surface area contributed by atoms with E-state index in [-0.39, 0.29) is 10.7 Å². The number of nitrogens with zero attached hydrogens (tertiary/aromatic N) is 2. The predicted octanol–water partition coefficient (Wildman–Crippen LogP) is 4.11. The summed E-state index contributed by atoms with van der Waals surface area (Å²) in [6.45, 7) is 7.11. The summed E-state index contributed by atoms with van der Waals surface area (Å²) in [5.41, 5.74) is 1.58. The van der Waals surface area contributed by atoms with Gasteiger partial charge in [-0.1, -0.05) is 32.0 Å². The Hall–Kier alpha value is -1.10. The van der Waals surface area contributed by atoms with Gasteiger partial charge in [0.15, 0.2) is 18.1 Å². The summed E-state index contributed by atoms with van der Waals surface area (Å²) in [5, 5.41) is 6.99. The molecule has 0 aliphatic carbocycles. The molecule has 1 N–H and O–H groups in total. The molecule has 0 amide bonds. The quantitative estimate of drug-likeness (QED) is 0.687. The average molecular weight is 464 g/mol. The lowest BCUT2D eigenvalue weighted by molar-refractivity contribution is 0.329. The molecule has 0 atom stereocenters. The number of aromatic nitrogens is 1. The second-order valence-corrected chi connectivity index (χ2v) is 10.4. The standard InChI is InChI=1S/C16H19BrFN3O3S2/c1-16(2,3)14-13(17)15(20-24-14)21(25-18)26(22,23)12-5-4-10-6-7-19-9-11(10)8-12/h4-5,8,19H,6-7,9H2,1-3H3. The third-order valence-corrected chi connectivity index (χ3v) is 7.35. The molecule has 2 aromatic rings. The van der Waals surface area contributed by atoms with Crippen LogP contribution < -0.4 is 9.03 Å². The summed E-state index contributed by atoms with van der Waals surface area (Å²) >= 11 is 2.88. The van der Waals surface area contributed by atoms with E-state index in [4.69, 9.17) is 4.52 Å². The van der Waals surface area contributed by atoms with Crippen LogP contribution in [0.5, 0.6) is 0 Å². The Bertz CT molecular complexity index is 925. The molecule has 0 saturated carbocycles. The van der Waals surface area contributed by atoms with E-state index >= 15 is 0 Å². The molecule has 1 aromatic heterocycles. The molecule has 1 aromatic carbocycles. The summed E-state index contributed by atoms with van der Waals surface area (Å²) in [7, 11) is -4.15. The normalized spacial score (nSPS) is 15.0. The molecule has 0 fully saturated rings. The van der Waals surface area contributed by atoms with Crippen LogP contribution in [0.15, 0.2) is 32.1 Å². The fraction of sp³-hybridized carbons (Fsp3) is 0.438. The molecular formula is C16H19BrFN3O3S2. The van der Waals surface area contributed by atoms with Crippen molar-refractivity contribution in [1.29, 1.82) is 0 Å². The number of hydrogen-bond acceptors (Lipinski definition) is 6. The lowest BCUT2D eigenvalue weighted by atomic mass is 9.93. The van der Waals surface area contributed by atoms with Gasteiger partial charge in [0.2, 0.25) is 5.82 Å². The zero-order valence-corrected chi connectivity index (χ0v) is 17.8. The SMILES string of the molecule is CC(C)(C)c1onc(N(SF)S(=O)(=O)c2ccc3c(c2)CNCC3)c1Br. The molecule has 1 aliphatic rings. The molecule has 10 heteroatoms. The number of anilines is 1. The van der Waals surface area contributed by atoms with Crippen molar-refractivity contribution in [3.8, 4) is 0 Å². The molecule has 1 aliphatic heterocycles. The first-order valence-electron chi connectivity index (χ1n) is 7.98. The molecule has 6 nitrogen and oxygen atoms in total. The lowest BCUT2D eigenvalue weighted by Gasteiger charge is -2.20. The highest BCUT2D eigenvalue weighted by atomic mass is 79.9. The van der Waals surface area contributed by atoms with E-state index in [1.54, 1.807) is 12.1 Å². The minimum Gasteiger partial charge on any atom is -0.357 e. The van der Waals surface area contributed by atoms with Crippen LogP contribution in [0.3, 0.4) is 0 Å². The van der Waals surface area contributed by atoms with Crippen LogP contribution in [-0.4, -0.2) is 20.1 Å². The fourth-order valence-corrected chi connectivity index (χ4v) is 5.72. The van der Waals surface area contributed by atoms with Gasteiger partial charge in [0.05, 0.1) is 4.90 Å². The van der Waals surface area contributed by atoms with Crippen molar-refractivity contribution in [2.24, 2.45) is 0 Å². The third kappa shape index (κ3) is 3.51. The first kappa shape index (κ1) is 19.7. The van der Waals surface area contributed by atoms with E-state index in [0.717, 1.165) is 24.1 Å². The summed E-state index contributed by atoms with van der Waals surface area (Å²) in [6.07, 6.45) is 0.834. The molecule has 0 radical (unpaired) electrons. The first-order chi connectivity index (χ1) is 12.2. The van der Waals surface area contributed by atoms with E-state index in [2.05, 4.69) is 26.4 Å². The second kappa shape index (κ2) is 7.14. The molecule has 2 heterocycles. The molecule has 3 rings (SSSR count). The van der Waals surface area contributed by atoms with Crippen LogP contribution in [0.25, 0.3) is 0 Å². The van der Waals surface area contributed by atoms with Crippen LogP contribution in [0, 0.1) is 0 Å². The lowest BCUT2D eigenvalue weighted by Crippen LogP contribution is -2.26. The van der Waals surface area contributed by atoms with Gasteiger partial charge in [-0.25, -0.2) is 8.42 Å². The number of fused-ring (bicyclic) bond motifs is 1. The zero-order chi connectivity index (χ0) is 19.1. The highest BCUT2D eigenvalue weighted by Crippen LogP contribution is 2.41. The van der Waals surface area contributed by atoms with Crippen molar-refractivity contribution < 1.29 is 16.8 Å². The highest BCUT2D eigenvalue weighted by Gasteiger charge is 2.35. The molecule has 0 saturated heterocycles. The topological polar surface area (TPSA) is 75.4 Å². The number of benzene rings is 1. The third-order valence-electron chi connectivity index (χ3n) is 4.12. The summed E-state index contributed by atoms with van der Waals surface area (Å²) in [6, 6.07) is 4.86. The maximum Gasteiger partial charge on any atom is 0.277 e. The van der Waals surface area contributed by atoms with E-state index in [9.17, 15) is 12.3 Å². The van der Waals surface area contributed by atoms with Gasteiger partial charge in [-0.05, 0) is 52.2 Å². The van der Waals surface area contributed by atoms with Crippen LogP contribution in [-0.2, 0) is 28.4 Å². The van der Waals surface area contributed by atoms with E-state index in [1.807, 2.05) is 20.8 Å². The second-order valence-electron chi connectivity index (χ2n) is 7.06. The van der Waals surface area contributed by atoms with Crippen molar-refractivity contribution >= 4 is 44.1 Å². The van der Waals surface area contributed by atoms with Crippen molar-refractivity contribution in [3.63, 3.8) is 0 Å². The van der Waals surface area contributed by atoms with Crippen molar-refractivity contribution in [1.82, 2.24) is 10.5 Å². The molecule has 26 heavy (non-hydrogen) atoms. The molecular weight excluding hydrogens is 445 g/mol. The largest absolute Gasteiger partial charge is 0.357 e. The first-order valence-corrected chi connectivity index (χ1v) is 10.9. The van der Waals surface area contributed by atoms with Crippen LogP contribution in [0.1, 0.15) is 37.7 Å². The Morgan fingerprint density at radius 1 is 1.35 bits per heavy atom. The molecule has 0 bridgehead atoms. The van der Waals surface area contributed by atoms with E-state index < -0.39 is 27.8 Å². The van der Waals surface area contributed by atoms with Crippen LogP contribution in [0.4, 0.5) is 9.70 Å². The van der Waals surface area contributed by atoms with E-state index in [0.29, 0.717) is 20.5 Å². The number of hydrogen-bond donors (Lipinski definition) is 1. The van der Waals surface area contributed by atoms with Gasteiger partial charge in [0.1, 0.15) is 4.47 Å². The van der Waals surface area contributed by atoms with Gasteiger partial charge in [0, 0.05) is 12.0 Å². The van der Waals surface area contributed by atoms with Gasteiger partial charge in [-0.2, -0.15) is 3.71 Å². The van der Waals surface area contributed by atoms with Gasteiger partial charge in [-0.15, -0.1) is 3.89 Å². The van der Waals surface area contributed by atoms with Gasteiger partial charge in [-0.3, -0.25) is 0 Å². The Balaban J connectivity index is 2.04. The maximum atomic E-state index is 13.7. The maximum absolute atomic E-state index is 13.7.